The van der Waals surface area contributed by atoms with Crippen molar-refractivity contribution < 1.29 is 8.42 Å². The van der Waals surface area contributed by atoms with Gasteiger partial charge in [0, 0.05) is 17.5 Å². The van der Waals surface area contributed by atoms with Gasteiger partial charge < -0.3 is 5.32 Å². The Morgan fingerprint density at radius 2 is 1.94 bits per heavy atom. The SMILES string of the molecule is Cc1cc(S(=O)(=O)NCCCNC(C)C)sc1C. The summed E-state index contributed by atoms with van der Waals surface area (Å²) >= 11 is 1.32. The fourth-order valence-electron chi connectivity index (χ4n) is 1.43. The van der Waals surface area contributed by atoms with Gasteiger partial charge in [-0.25, -0.2) is 13.1 Å². The second-order valence-corrected chi connectivity index (χ2v) is 7.91. The first-order chi connectivity index (χ1) is 8.33. The van der Waals surface area contributed by atoms with Crippen molar-refractivity contribution in [1.29, 1.82) is 0 Å². The van der Waals surface area contributed by atoms with E-state index in [1.54, 1.807) is 6.07 Å². The highest BCUT2D eigenvalue weighted by molar-refractivity contribution is 7.91. The third-order valence-corrected chi connectivity index (χ3v) is 5.69. The summed E-state index contributed by atoms with van der Waals surface area (Å²) in [4.78, 5) is 1.05. The van der Waals surface area contributed by atoms with Gasteiger partial charge in [0.15, 0.2) is 0 Å². The number of nitrogens with one attached hydrogen (secondary N) is 2. The van der Waals surface area contributed by atoms with Gasteiger partial charge in [0.25, 0.3) is 0 Å². The molecule has 0 aromatic carbocycles. The maximum absolute atomic E-state index is 12.0. The van der Waals surface area contributed by atoms with Gasteiger partial charge in [-0.2, -0.15) is 0 Å². The van der Waals surface area contributed by atoms with Crippen molar-refractivity contribution in [2.75, 3.05) is 13.1 Å². The Bertz CT molecular complexity index is 459. The molecule has 0 unspecified atom stereocenters. The van der Waals surface area contributed by atoms with Crippen LogP contribution in [0.4, 0.5) is 0 Å². The van der Waals surface area contributed by atoms with Crippen molar-refractivity contribution in [2.24, 2.45) is 0 Å². The smallest absolute Gasteiger partial charge is 0.250 e. The molecule has 0 radical (unpaired) electrons. The Morgan fingerprint density at radius 3 is 2.44 bits per heavy atom. The molecular formula is C12H22N2O2S2. The molecule has 6 heteroatoms. The summed E-state index contributed by atoms with van der Waals surface area (Å²) in [6.07, 6.45) is 0.792. The van der Waals surface area contributed by atoms with E-state index in [1.165, 1.54) is 11.3 Å². The lowest BCUT2D eigenvalue weighted by molar-refractivity contribution is 0.555. The van der Waals surface area contributed by atoms with Crippen LogP contribution in [0.3, 0.4) is 0 Å². The molecule has 0 amide bonds. The summed E-state index contributed by atoms with van der Waals surface area (Å²) in [5.41, 5.74) is 1.03. The van der Waals surface area contributed by atoms with E-state index in [-0.39, 0.29) is 0 Å². The summed E-state index contributed by atoms with van der Waals surface area (Å²) in [5.74, 6) is 0. The predicted molar refractivity (Wildman–Crippen MR) is 76.7 cm³/mol. The quantitative estimate of drug-likeness (QED) is 0.756. The molecule has 1 aromatic rings. The first-order valence-corrected chi connectivity index (χ1v) is 8.43. The molecule has 0 spiro atoms. The molecule has 1 heterocycles. The van der Waals surface area contributed by atoms with Gasteiger partial charge in [-0.15, -0.1) is 11.3 Å². The molecule has 18 heavy (non-hydrogen) atoms. The van der Waals surface area contributed by atoms with Crippen molar-refractivity contribution in [3.8, 4) is 0 Å². The van der Waals surface area contributed by atoms with Gasteiger partial charge in [-0.05, 0) is 38.4 Å². The molecule has 0 aliphatic rings. The predicted octanol–water partition coefficient (Wildman–Crippen LogP) is 2.03. The monoisotopic (exact) mass is 290 g/mol. The van der Waals surface area contributed by atoms with Crippen molar-refractivity contribution in [2.45, 2.75) is 44.4 Å². The Hall–Kier alpha value is -0.430. The second-order valence-electron chi connectivity index (χ2n) is 4.66. The van der Waals surface area contributed by atoms with E-state index in [9.17, 15) is 8.42 Å². The summed E-state index contributed by atoms with van der Waals surface area (Å²) in [6, 6.07) is 2.17. The number of hydrogen-bond acceptors (Lipinski definition) is 4. The summed E-state index contributed by atoms with van der Waals surface area (Å²) in [5, 5.41) is 3.25. The van der Waals surface area contributed by atoms with Crippen LogP contribution in [0.5, 0.6) is 0 Å². The number of thiophene rings is 1. The highest BCUT2D eigenvalue weighted by Crippen LogP contribution is 2.24. The standard InChI is InChI=1S/C12H22N2O2S2/c1-9(2)13-6-5-7-14-18(15,16)12-8-10(3)11(4)17-12/h8-9,13-14H,5-7H2,1-4H3. The lowest BCUT2D eigenvalue weighted by Crippen LogP contribution is -2.29. The second kappa shape index (κ2) is 6.65. The van der Waals surface area contributed by atoms with Crippen LogP contribution < -0.4 is 10.0 Å². The molecule has 1 aromatic heterocycles. The highest BCUT2D eigenvalue weighted by atomic mass is 32.2. The molecule has 0 saturated carbocycles. The maximum Gasteiger partial charge on any atom is 0.250 e. The molecule has 0 aliphatic heterocycles. The molecule has 1 rings (SSSR count). The Morgan fingerprint density at radius 1 is 1.28 bits per heavy atom. The molecule has 0 bridgehead atoms. The average Bonchev–Trinajstić information content (AvgIpc) is 2.59. The molecule has 0 atom stereocenters. The zero-order valence-electron chi connectivity index (χ0n) is 11.4. The number of rotatable bonds is 7. The zero-order chi connectivity index (χ0) is 13.8. The van der Waals surface area contributed by atoms with Gasteiger partial charge in [-0.1, -0.05) is 13.8 Å². The van der Waals surface area contributed by atoms with E-state index in [0.717, 1.165) is 23.4 Å². The molecule has 0 fully saturated rings. The fourth-order valence-corrected chi connectivity index (χ4v) is 4.06. The summed E-state index contributed by atoms with van der Waals surface area (Å²) < 4.78 is 27.0. The first-order valence-electron chi connectivity index (χ1n) is 6.13. The van der Waals surface area contributed by atoms with Crippen LogP contribution >= 0.6 is 11.3 Å². The summed E-state index contributed by atoms with van der Waals surface area (Å²) in [6.45, 7) is 9.30. The zero-order valence-corrected chi connectivity index (χ0v) is 13.0. The lowest BCUT2D eigenvalue weighted by Gasteiger charge is -2.08. The largest absolute Gasteiger partial charge is 0.314 e. The van der Waals surface area contributed by atoms with E-state index in [0.29, 0.717) is 16.8 Å². The van der Waals surface area contributed by atoms with Gasteiger partial charge in [0.2, 0.25) is 10.0 Å². The van der Waals surface area contributed by atoms with Gasteiger partial charge in [0.05, 0.1) is 0 Å². The summed E-state index contributed by atoms with van der Waals surface area (Å²) in [7, 11) is -3.32. The van der Waals surface area contributed by atoms with E-state index >= 15 is 0 Å². The van der Waals surface area contributed by atoms with Gasteiger partial charge in [-0.3, -0.25) is 0 Å². The first kappa shape index (κ1) is 15.6. The lowest BCUT2D eigenvalue weighted by atomic mass is 10.3. The van der Waals surface area contributed by atoms with Crippen molar-refractivity contribution in [3.05, 3.63) is 16.5 Å². The minimum absolute atomic E-state index is 0.411. The average molecular weight is 290 g/mol. The van der Waals surface area contributed by atoms with Gasteiger partial charge >= 0.3 is 0 Å². The molecule has 2 N–H and O–H groups in total. The maximum atomic E-state index is 12.0. The molecule has 4 nitrogen and oxygen atoms in total. The normalized spacial score (nSPS) is 12.3. The minimum atomic E-state index is -3.32. The van der Waals surface area contributed by atoms with Crippen LogP contribution in [0.25, 0.3) is 0 Å². The third-order valence-electron chi connectivity index (χ3n) is 2.61. The third kappa shape index (κ3) is 4.68. The van der Waals surface area contributed by atoms with E-state index in [4.69, 9.17) is 0 Å². The van der Waals surface area contributed by atoms with E-state index in [1.807, 2.05) is 13.8 Å². The number of sulfonamides is 1. The molecule has 0 aliphatic carbocycles. The minimum Gasteiger partial charge on any atom is -0.314 e. The van der Waals surface area contributed by atoms with Crippen LogP contribution in [0.2, 0.25) is 0 Å². The Kier molecular flexibility index (Phi) is 5.78. The number of hydrogen-bond donors (Lipinski definition) is 2. The van der Waals surface area contributed by atoms with Crippen molar-refractivity contribution in [3.63, 3.8) is 0 Å². The van der Waals surface area contributed by atoms with E-state index in [2.05, 4.69) is 23.9 Å². The van der Waals surface area contributed by atoms with Crippen molar-refractivity contribution >= 4 is 21.4 Å². The number of aryl methyl sites for hydroxylation is 2. The van der Waals surface area contributed by atoms with Crippen LogP contribution in [0, 0.1) is 13.8 Å². The van der Waals surface area contributed by atoms with Crippen LogP contribution in [-0.2, 0) is 10.0 Å². The topological polar surface area (TPSA) is 58.2 Å². The van der Waals surface area contributed by atoms with Crippen LogP contribution in [0.1, 0.15) is 30.7 Å². The molecule has 0 saturated heterocycles. The van der Waals surface area contributed by atoms with Crippen LogP contribution in [-0.4, -0.2) is 27.5 Å². The fraction of sp³-hybridized carbons (Fsp3) is 0.667. The molecule has 104 valence electrons. The van der Waals surface area contributed by atoms with E-state index < -0.39 is 10.0 Å². The van der Waals surface area contributed by atoms with Gasteiger partial charge in [0.1, 0.15) is 4.21 Å². The molecular weight excluding hydrogens is 268 g/mol. The highest BCUT2D eigenvalue weighted by Gasteiger charge is 2.16. The van der Waals surface area contributed by atoms with Crippen molar-refractivity contribution in [1.82, 2.24) is 10.0 Å². The Labute approximate surface area is 114 Å². The van der Waals surface area contributed by atoms with Crippen LogP contribution in [0.15, 0.2) is 10.3 Å². The Balaban J connectivity index is 2.45.